The van der Waals surface area contributed by atoms with Gasteiger partial charge in [0.1, 0.15) is 5.78 Å². The van der Waals surface area contributed by atoms with Gasteiger partial charge in [-0.05, 0) is 51.9 Å². The molecule has 0 saturated heterocycles. The Hall–Kier alpha value is -0.930. The fourth-order valence-corrected chi connectivity index (χ4v) is 2.91. The van der Waals surface area contributed by atoms with Crippen LogP contribution in [-0.4, -0.2) is 27.7 Å². The molecule has 1 aliphatic rings. The molecule has 3 atom stereocenters. The standard InChI is InChI=1S/C20H34O3/c1-14(2)17-9-6-15(3)7-10-18(21)16(4)8-11-19(22)20(5,23)13-12-17/h6,9,14,16,19,22-23H,7-8,10-13H2,1-5H3/b15-6+,17-9+/t16-,19-,20-/m1/s1. The molecule has 0 saturated carbocycles. The van der Waals surface area contributed by atoms with Crippen LogP contribution in [-0.2, 0) is 4.79 Å². The highest BCUT2D eigenvalue weighted by Crippen LogP contribution is 2.27. The summed E-state index contributed by atoms with van der Waals surface area (Å²) in [6.07, 6.45) is 7.21. The van der Waals surface area contributed by atoms with E-state index in [0.29, 0.717) is 31.6 Å². The minimum atomic E-state index is -1.11. The normalized spacial score (nSPS) is 36.8. The lowest BCUT2D eigenvalue weighted by atomic mass is 9.84. The lowest BCUT2D eigenvalue weighted by Crippen LogP contribution is -2.39. The summed E-state index contributed by atoms with van der Waals surface area (Å²) in [5.41, 5.74) is 1.38. The molecule has 0 aromatic carbocycles. The van der Waals surface area contributed by atoms with Crippen molar-refractivity contribution in [3.05, 3.63) is 23.3 Å². The number of aliphatic hydroxyl groups excluding tert-OH is 1. The zero-order valence-electron chi connectivity index (χ0n) is 15.4. The third kappa shape index (κ3) is 6.60. The first-order valence-corrected chi connectivity index (χ1v) is 8.93. The zero-order chi connectivity index (χ0) is 17.6. The van der Waals surface area contributed by atoms with Gasteiger partial charge in [0, 0.05) is 12.3 Å². The first kappa shape index (κ1) is 20.1. The van der Waals surface area contributed by atoms with Gasteiger partial charge in [-0.3, -0.25) is 4.79 Å². The molecule has 0 bridgehead atoms. The number of ketones is 1. The minimum absolute atomic E-state index is 0.0574. The number of hydrogen-bond donors (Lipinski definition) is 2. The number of aliphatic hydroxyl groups is 2. The Morgan fingerprint density at radius 3 is 2.43 bits per heavy atom. The van der Waals surface area contributed by atoms with Crippen LogP contribution in [0.2, 0.25) is 0 Å². The number of hydrogen-bond acceptors (Lipinski definition) is 3. The van der Waals surface area contributed by atoms with Crippen molar-refractivity contribution >= 4 is 5.78 Å². The molecule has 0 aromatic heterocycles. The van der Waals surface area contributed by atoms with Crippen molar-refractivity contribution < 1.29 is 15.0 Å². The molecular formula is C20H34O3. The van der Waals surface area contributed by atoms with Crippen molar-refractivity contribution in [3.8, 4) is 0 Å². The van der Waals surface area contributed by atoms with Gasteiger partial charge in [-0.2, -0.15) is 0 Å². The zero-order valence-corrected chi connectivity index (χ0v) is 15.4. The fraction of sp³-hybridized carbons (Fsp3) is 0.750. The van der Waals surface area contributed by atoms with Crippen molar-refractivity contribution in [1.82, 2.24) is 0 Å². The van der Waals surface area contributed by atoms with Crippen LogP contribution in [0.4, 0.5) is 0 Å². The molecule has 0 spiro atoms. The highest BCUT2D eigenvalue weighted by molar-refractivity contribution is 5.80. The van der Waals surface area contributed by atoms with E-state index in [4.69, 9.17) is 0 Å². The van der Waals surface area contributed by atoms with Gasteiger partial charge in [0.05, 0.1) is 11.7 Å². The fourth-order valence-electron chi connectivity index (χ4n) is 2.91. The summed E-state index contributed by atoms with van der Waals surface area (Å²) in [5.74, 6) is 0.592. The molecule has 2 N–H and O–H groups in total. The Morgan fingerprint density at radius 1 is 1.17 bits per heavy atom. The molecule has 0 aliphatic heterocycles. The van der Waals surface area contributed by atoms with E-state index in [-0.39, 0.29) is 11.7 Å². The number of rotatable bonds is 1. The monoisotopic (exact) mass is 322 g/mol. The summed E-state index contributed by atoms with van der Waals surface area (Å²) >= 11 is 0. The highest BCUT2D eigenvalue weighted by atomic mass is 16.3. The van der Waals surface area contributed by atoms with Crippen molar-refractivity contribution in [3.63, 3.8) is 0 Å². The first-order valence-electron chi connectivity index (χ1n) is 8.93. The molecule has 1 aliphatic carbocycles. The molecule has 3 heteroatoms. The molecule has 1 rings (SSSR count). The molecule has 0 heterocycles. The highest BCUT2D eigenvalue weighted by Gasteiger charge is 2.31. The predicted octanol–water partition coefficient (Wildman–Crippen LogP) is 4.19. The Labute approximate surface area is 141 Å². The SMILES string of the molecule is C/C1=C\C=C(\C(C)C)CC[C@@](C)(O)[C@H](O)CC[C@@H](C)C(=O)CC1. The summed E-state index contributed by atoms with van der Waals surface area (Å²) in [4.78, 5) is 12.2. The van der Waals surface area contributed by atoms with Crippen molar-refractivity contribution in [2.45, 2.75) is 84.8 Å². The summed E-state index contributed by atoms with van der Waals surface area (Å²) in [5, 5.41) is 20.9. The van der Waals surface area contributed by atoms with Crippen LogP contribution in [0.3, 0.4) is 0 Å². The van der Waals surface area contributed by atoms with Crippen molar-refractivity contribution in [2.24, 2.45) is 11.8 Å². The summed E-state index contributed by atoms with van der Waals surface area (Å²) in [6, 6.07) is 0. The van der Waals surface area contributed by atoms with Gasteiger partial charge < -0.3 is 10.2 Å². The predicted molar refractivity (Wildman–Crippen MR) is 95.2 cm³/mol. The van der Waals surface area contributed by atoms with Crippen LogP contribution in [0.15, 0.2) is 23.3 Å². The van der Waals surface area contributed by atoms with Gasteiger partial charge in [-0.25, -0.2) is 0 Å². The van der Waals surface area contributed by atoms with Gasteiger partial charge >= 0.3 is 0 Å². The van der Waals surface area contributed by atoms with Crippen LogP contribution in [0.1, 0.15) is 73.1 Å². The van der Waals surface area contributed by atoms with E-state index in [2.05, 4.69) is 32.9 Å². The Bertz CT molecular complexity index is 458. The number of allylic oxidation sites excluding steroid dienone is 4. The second kappa shape index (κ2) is 8.79. The number of Topliss-reactive ketones (excluding diaryl/α,β-unsaturated/α-hetero) is 1. The van der Waals surface area contributed by atoms with Crippen LogP contribution >= 0.6 is 0 Å². The van der Waals surface area contributed by atoms with Gasteiger partial charge in [0.15, 0.2) is 0 Å². The molecule has 3 nitrogen and oxygen atoms in total. The van der Waals surface area contributed by atoms with Gasteiger partial charge in [0.2, 0.25) is 0 Å². The summed E-state index contributed by atoms with van der Waals surface area (Å²) in [6.45, 7) is 9.99. The average Bonchev–Trinajstić information content (AvgIpc) is 2.48. The van der Waals surface area contributed by atoms with E-state index in [9.17, 15) is 15.0 Å². The Morgan fingerprint density at radius 2 is 1.83 bits per heavy atom. The van der Waals surface area contributed by atoms with Crippen LogP contribution in [0.25, 0.3) is 0 Å². The topological polar surface area (TPSA) is 57.5 Å². The van der Waals surface area contributed by atoms with Gasteiger partial charge in [-0.1, -0.05) is 44.1 Å². The summed E-state index contributed by atoms with van der Waals surface area (Å²) < 4.78 is 0. The van der Waals surface area contributed by atoms with Crippen LogP contribution in [0, 0.1) is 11.8 Å². The Kier molecular flexibility index (Phi) is 7.69. The lowest BCUT2D eigenvalue weighted by molar-refractivity contribution is -0.123. The molecule has 0 unspecified atom stereocenters. The van der Waals surface area contributed by atoms with Crippen molar-refractivity contribution in [2.75, 3.05) is 0 Å². The maximum atomic E-state index is 12.2. The molecular weight excluding hydrogens is 288 g/mol. The molecule has 0 aromatic rings. The van der Waals surface area contributed by atoms with Gasteiger partial charge in [-0.15, -0.1) is 0 Å². The van der Waals surface area contributed by atoms with E-state index >= 15 is 0 Å². The minimum Gasteiger partial charge on any atom is -0.390 e. The smallest absolute Gasteiger partial charge is 0.136 e. The quantitative estimate of drug-likeness (QED) is 0.761. The van der Waals surface area contributed by atoms with E-state index in [1.165, 1.54) is 11.1 Å². The van der Waals surface area contributed by atoms with E-state index < -0.39 is 11.7 Å². The van der Waals surface area contributed by atoms with Crippen LogP contribution in [0.5, 0.6) is 0 Å². The average molecular weight is 322 g/mol. The van der Waals surface area contributed by atoms with E-state index in [0.717, 1.165) is 12.8 Å². The number of carbonyl (C=O) groups excluding carboxylic acids is 1. The third-order valence-corrected chi connectivity index (χ3v) is 5.15. The molecule has 23 heavy (non-hydrogen) atoms. The maximum absolute atomic E-state index is 12.2. The van der Waals surface area contributed by atoms with Gasteiger partial charge in [0.25, 0.3) is 0 Å². The van der Waals surface area contributed by atoms with Crippen molar-refractivity contribution in [1.29, 1.82) is 0 Å². The second-order valence-corrected chi connectivity index (χ2v) is 7.73. The largest absolute Gasteiger partial charge is 0.390 e. The number of carbonyl (C=O) groups is 1. The Balaban J connectivity index is 3.01. The lowest BCUT2D eigenvalue weighted by Gasteiger charge is -2.30. The third-order valence-electron chi connectivity index (χ3n) is 5.15. The maximum Gasteiger partial charge on any atom is 0.136 e. The second-order valence-electron chi connectivity index (χ2n) is 7.73. The first-order chi connectivity index (χ1) is 10.6. The molecule has 132 valence electrons. The van der Waals surface area contributed by atoms with E-state index in [1.807, 2.05) is 6.92 Å². The molecule has 0 amide bonds. The molecule has 0 radical (unpaired) electrons. The van der Waals surface area contributed by atoms with E-state index in [1.54, 1.807) is 6.92 Å². The van der Waals surface area contributed by atoms with Crippen LogP contribution < -0.4 is 0 Å². The molecule has 0 fully saturated rings. The summed E-state index contributed by atoms with van der Waals surface area (Å²) in [7, 11) is 0.